The summed E-state index contributed by atoms with van der Waals surface area (Å²) in [7, 11) is 0. The predicted octanol–water partition coefficient (Wildman–Crippen LogP) is 4.87. The summed E-state index contributed by atoms with van der Waals surface area (Å²) in [6, 6.07) is 9.13. The maximum Gasteiger partial charge on any atom is 0.407 e. The van der Waals surface area contributed by atoms with Crippen molar-refractivity contribution in [1.29, 1.82) is 0 Å². The zero-order chi connectivity index (χ0) is 18.4. The van der Waals surface area contributed by atoms with Crippen molar-refractivity contribution in [2.45, 2.75) is 90.4 Å². The molecule has 0 heterocycles. The standard InChI is InChI=1S/C21H34N2O2/c1-15-11-9-10-12-17(15)16(2)22-18-13-7-6-8-14-19(18)23-20(24)25-21(3,4)5/h9-12,16,18-19,22H,6-8,13-14H2,1-5H3,(H,23,24). The number of benzene rings is 1. The third-order valence-electron chi connectivity index (χ3n) is 4.84. The van der Waals surface area contributed by atoms with E-state index in [1.54, 1.807) is 0 Å². The van der Waals surface area contributed by atoms with Crippen molar-refractivity contribution in [2.75, 3.05) is 0 Å². The molecule has 3 atom stereocenters. The molecule has 0 radical (unpaired) electrons. The normalized spacial score (nSPS) is 22.8. The molecule has 140 valence electrons. The second-order valence-electron chi connectivity index (χ2n) is 8.24. The van der Waals surface area contributed by atoms with Crippen LogP contribution >= 0.6 is 0 Å². The molecule has 0 bridgehead atoms. The molecule has 2 N–H and O–H groups in total. The van der Waals surface area contributed by atoms with E-state index in [1.807, 2.05) is 20.8 Å². The van der Waals surface area contributed by atoms with Crippen molar-refractivity contribution >= 4 is 6.09 Å². The van der Waals surface area contributed by atoms with Crippen LogP contribution in [0.3, 0.4) is 0 Å². The van der Waals surface area contributed by atoms with Gasteiger partial charge in [0.2, 0.25) is 0 Å². The summed E-state index contributed by atoms with van der Waals surface area (Å²) in [5.74, 6) is 0. The first-order valence-electron chi connectivity index (χ1n) is 9.57. The minimum atomic E-state index is -0.466. The van der Waals surface area contributed by atoms with Crippen LogP contribution in [0.5, 0.6) is 0 Å². The Labute approximate surface area is 152 Å². The van der Waals surface area contributed by atoms with Crippen LogP contribution in [0.1, 0.15) is 77.0 Å². The summed E-state index contributed by atoms with van der Waals surface area (Å²) >= 11 is 0. The molecule has 1 aliphatic rings. The lowest BCUT2D eigenvalue weighted by molar-refractivity contribution is 0.0488. The molecule has 1 aromatic carbocycles. The van der Waals surface area contributed by atoms with Crippen LogP contribution in [0.25, 0.3) is 0 Å². The Kier molecular flexibility index (Phi) is 6.88. The fourth-order valence-corrected chi connectivity index (χ4v) is 3.62. The number of hydrogen-bond donors (Lipinski definition) is 2. The van der Waals surface area contributed by atoms with Gasteiger partial charge in [-0.1, -0.05) is 43.5 Å². The van der Waals surface area contributed by atoms with E-state index in [2.05, 4.69) is 48.7 Å². The Bertz CT molecular complexity index is 565. The van der Waals surface area contributed by atoms with Crippen molar-refractivity contribution < 1.29 is 9.53 Å². The van der Waals surface area contributed by atoms with Crippen LogP contribution in [-0.4, -0.2) is 23.8 Å². The Balaban J connectivity index is 2.04. The van der Waals surface area contributed by atoms with Crippen molar-refractivity contribution in [3.63, 3.8) is 0 Å². The highest BCUT2D eigenvalue weighted by molar-refractivity contribution is 5.68. The molecule has 1 amide bonds. The van der Waals surface area contributed by atoms with Crippen LogP contribution in [0.4, 0.5) is 4.79 Å². The van der Waals surface area contributed by atoms with E-state index in [1.165, 1.54) is 24.0 Å². The van der Waals surface area contributed by atoms with Gasteiger partial charge in [-0.05, 0) is 58.6 Å². The number of rotatable bonds is 4. The Morgan fingerprint density at radius 3 is 2.40 bits per heavy atom. The third kappa shape index (κ3) is 6.35. The Morgan fingerprint density at radius 1 is 1.12 bits per heavy atom. The van der Waals surface area contributed by atoms with Crippen molar-refractivity contribution in [3.05, 3.63) is 35.4 Å². The Morgan fingerprint density at radius 2 is 1.76 bits per heavy atom. The Hall–Kier alpha value is -1.55. The van der Waals surface area contributed by atoms with Crippen LogP contribution in [0.15, 0.2) is 24.3 Å². The van der Waals surface area contributed by atoms with Crippen molar-refractivity contribution in [1.82, 2.24) is 10.6 Å². The average Bonchev–Trinajstić information content (AvgIpc) is 2.71. The van der Waals surface area contributed by atoms with Gasteiger partial charge in [0.1, 0.15) is 5.60 Å². The van der Waals surface area contributed by atoms with Gasteiger partial charge in [0.15, 0.2) is 0 Å². The predicted molar refractivity (Wildman–Crippen MR) is 103 cm³/mol. The van der Waals surface area contributed by atoms with Gasteiger partial charge in [-0.3, -0.25) is 0 Å². The van der Waals surface area contributed by atoms with E-state index in [-0.39, 0.29) is 24.2 Å². The van der Waals surface area contributed by atoms with Crippen molar-refractivity contribution in [3.8, 4) is 0 Å². The highest BCUT2D eigenvalue weighted by Gasteiger charge is 2.28. The second-order valence-corrected chi connectivity index (χ2v) is 8.24. The lowest BCUT2D eigenvalue weighted by Gasteiger charge is -2.31. The number of alkyl carbamates (subject to hydrolysis) is 1. The highest BCUT2D eigenvalue weighted by Crippen LogP contribution is 2.23. The number of amides is 1. The van der Waals surface area contributed by atoms with E-state index in [0.717, 1.165) is 19.3 Å². The number of aryl methyl sites for hydroxylation is 1. The molecule has 1 fully saturated rings. The van der Waals surface area contributed by atoms with Gasteiger partial charge in [0.25, 0.3) is 0 Å². The maximum atomic E-state index is 12.2. The first kappa shape index (κ1) is 19.8. The first-order chi connectivity index (χ1) is 11.8. The summed E-state index contributed by atoms with van der Waals surface area (Å²) in [5, 5.41) is 6.88. The molecule has 4 heteroatoms. The van der Waals surface area contributed by atoms with Crippen molar-refractivity contribution in [2.24, 2.45) is 0 Å². The van der Waals surface area contributed by atoms with E-state index in [0.29, 0.717) is 0 Å². The SMILES string of the molecule is Cc1ccccc1C(C)NC1CCCCCC1NC(=O)OC(C)(C)C. The van der Waals surface area contributed by atoms with Crippen LogP contribution in [-0.2, 0) is 4.74 Å². The van der Waals surface area contributed by atoms with E-state index < -0.39 is 5.60 Å². The monoisotopic (exact) mass is 346 g/mol. The summed E-state index contributed by atoms with van der Waals surface area (Å²) in [5.41, 5.74) is 2.15. The van der Waals surface area contributed by atoms with Gasteiger partial charge in [0, 0.05) is 18.1 Å². The second kappa shape index (κ2) is 8.70. The zero-order valence-electron chi connectivity index (χ0n) is 16.4. The van der Waals surface area contributed by atoms with Crippen LogP contribution in [0, 0.1) is 6.92 Å². The summed E-state index contributed by atoms with van der Waals surface area (Å²) < 4.78 is 5.46. The number of ether oxygens (including phenoxy) is 1. The molecule has 1 saturated carbocycles. The summed E-state index contributed by atoms with van der Waals surface area (Å²) in [6.45, 7) is 10.1. The molecule has 0 aliphatic heterocycles. The highest BCUT2D eigenvalue weighted by atomic mass is 16.6. The number of carbonyl (C=O) groups excluding carboxylic acids is 1. The fraction of sp³-hybridized carbons (Fsp3) is 0.667. The van der Waals surface area contributed by atoms with Gasteiger partial charge in [-0.25, -0.2) is 4.79 Å². The lowest BCUT2D eigenvalue weighted by Crippen LogP contribution is -2.51. The van der Waals surface area contributed by atoms with E-state index >= 15 is 0 Å². The van der Waals surface area contributed by atoms with Crippen LogP contribution < -0.4 is 10.6 Å². The van der Waals surface area contributed by atoms with Gasteiger partial charge >= 0.3 is 6.09 Å². The minimum absolute atomic E-state index is 0.115. The largest absolute Gasteiger partial charge is 0.444 e. The number of carbonyl (C=O) groups is 1. The first-order valence-corrected chi connectivity index (χ1v) is 9.57. The molecule has 0 saturated heterocycles. The molecule has 2 rings (SSSR count). The molecule has 0 aromatic heterocycles. The van der Waals surface area contributed by atoms with Gasteiger partial charge in [-0.2, -0.15) is 0 Å². The zero-order valence-corrected chi connectivity index (χ0v) is 16.4. The molecular weight excluding hydrogens is 312 g/mol. The number of hydrogen-bond acceptors (Lipinski definition) is 3. The van der Waals surface area contributed by atoms with E-state index in [4.69, 9.17) is 4.74 Å². The van der Waals surface area contributed by atoms with Gasteiger partial charge in [-0.15, -0.1) is 0 Å². The van der Waals surface area contributed by atoms with E-state index in [9.17, 15) is 4.79 Å². The summed E-state index contributed by atoms with van der Waals surface area (Å²) in [6.07, 6.45) is 5.34. The smallest absolute Gasteiger partial charge is 0.407 e. The van der Waals surface area contributed by atoms with Gasteiger partial charge < -0.3 is 15.4 Å². The number of nitrogens with one attached hydrogen (secondary N) is 2. The van der Waals surface area contributed by atoms with Crippen LogP contribution in [0.2, 0.25) is 0 Å². The summed E-state index contributed by atoms with van der Waals surface area (Å²) in [4.78, 5) is 12.2. The molecule has 1 aromatic rings. The molecular formula is C21H34N2O2. The maximum absolute atomic E-state index is 12.2. The molecule has 25 heavy (non-hydrogen) atoms. The molecule has 1 aliphatic carbocycles. The topological polar surface area (TPSA) is 50.4 Å². The lowest BCUT2D eigenvalue weighted by atomic mass is 9.98. The third-order valence-corrected chi connectivity index (χ3v) is 4.84. The molecule has 0 spiro atoms. The molecule has 3 unspecified atom stereocenters. The molecule has 4 nitrogen and oxygen atoms in total. The minimum Gasteiger partial charge on any atom is -0.444 e. The average molecular weight is 347 g/mol. The quantitative estimate of drug-likeness (QED) is 0.765. The van der Waals surface area contributed by atoms with Gasteiger partial charge in [0.05, 0.1) is 0 Å². The fourth-order valence-electron chi connectivity index (χ4n) is 3.62.